The molecule has 2 nitrogen and oxygen atoms in total. The number of hydrogen-bond donors (Lipinski definition) is 0. The Morgan fingerprint density at radius 1 is 0.935 bits per heavy atom. The van der Waals surface area contributed by atoms with E-state index in [2.05, 4.69) is 46.1 Å². The zero-order valence-corrected chi connectivity index (χ0v) is 19.6. The standard InChI is InChI=1S/C27H38F2NO/c1-20-11-8-12-21(2)27(20)26(19-30(3,4)22-13-6-5-7-14-22)31-18-10-15-23-24(28)16-9-17-25(23)29/h8-9,11-12,16-17,22,26H,5-7,10,13-15,18-19H2,1-4H3/q+1. The first-order valence-corrected chi connectivity index (χ1v) is 11.7. The summed E-state index contributed by atoms with van der Waals surface area (Å²) in [5, 5.41) is 0. The molecule has 0 radical (unpaired) electrons. The fourth-order valence-electron chi connectivity index (χ4n) is 5.16. The molecule has 1 aliphatic carbocycles. The molecule has 0 aliphatic heterocycles. The van der Waals surface area contributed by atoms with Crippen molar-refractivity contribution < 1.29 is 18.0 Å². The van der Waals surface area contributed by atoms with E-state index in [1.165, 1.54) is 67.0 Å². The lowest BCUT2D eigenvalue weighted by Gasteiger charge is -2.42. The lowest BCUT2D eigenvalue weighted by Crippen LogP contribution is -2.52. The SMILES string of the molecule is Cc1cccc(C)c1C(C[N+](C)(C)C1CCCCC1)OCCCc1c(F)cccc1F. The van der Waals surface area contributed by atoms with Gasteiger partial charge in [0.05, 0.1) is 20.1 Å². The van der Waals surface area contributed by atoms with E-state index < -0.39 is 11.6 Å². The molecule has 2 aromatic rings. The topological polar surface area (TPSA) is 9.23 Å². The van der Waals surface area contributed by atoms with Gasteiger partial charge in [-0.3, -0.25) is 0 Å². The van der Waals surface area contributed by atoms with E-state index in [0.29, 0.717) is 25.5 Å². The van der Waals surface area contributed by atoms with Gasteiger partial charge in [-0.25, -0.2) is 8.78 Å². The van der Waals surface area contributed by atoms with Gasteiger partial charge in [0.2, 0.25) is 0 Å². The van der Waals surface area contributed by atoms with Gasteiger partial charge < -0.3 is 9.22 Å². The summed E-state index contributed by atoms with van der Waals surface area (Å²) in [6, 6.07) is 11.1. The van der Waals surface area contributed by atoms with Crippen LogP contribution in [0.15, 0.2) is 36.4 Å². The molecule has 31 heavy (non-hydrogen) atoms. The Balaban J connectivity index is 1.71. The Labute approximate surface area is 186 Å². The van der Waals surface area contributed by atoms with Crippen LogP contribution < -0.4 is 0 Å². The van der Waals surface area contributed by atoms with E-state index in [1.54, 1.807) is 0 Å². The second kappa shape index (κ2) is 10.7. The predicted octanol–water partition coefficient (Wildman–Crippen LogP) is 6.68. The van der Waals surface area contributed by atoms with Gasteiger partial charge in [-0.05, 0) is 81.2 Å². The van der Waals surface area contributed by atoms with Crippen molar-refractivity contribution in [1.82, 2.24) is 0 Å². The fraction of sp³-hybridized carbons (Fsp3) is 0.556. The molecule has 1 aliphatic rings. The quantitative estimate of drug-likeness (QED) is 0.318. The monoisotopic (exact) mass is 430 g/mol. The van der Waals surface area contributed by atoms with E-state index in [1.807, 2.05) is 0 Å². The van der Waals surface area contributed by atoms with Crippen molar-refractivity contribution in [3.63, 3.8) is 0 Å². The van der Waals surface area contributed by atoms with E-state index >= 15 is 0 Å². The van der Waals surface area contributed by atoms with Gasteiger partial charge in [-0.2, -0.15) is 0 Å². The second-order valence-electron chi connectivity index (χ2n) is 9.72. The molecule has 2 aromatic carbocycles. The molecule has 170 valence electrons. The third-order valence-electron chi connectivity index (χ3n) is 7.02. The number of benzene rings is 2. The Morgan fingerprint density at radius 3 is 2.13 bits per heavy atom. The molecule has 3 rings (SSSR count). The number of nitrogens with zero attached hydrogens (tertiary/aromatic N) is 1. The van der Waals surface area contributed by atoms with Crippen molar-refractivity contribution in [2.24, 2.45) is 0 Å². The van der Waals surface area contributed by atoms with Crippen molar-refractivity contribution in [1.29, 1.82) is 0 Å². The van der Waals surface area contributed by atoms with Gasteiger partial charge in [0.1, 0.15) is 24.3 Å². The van der Waals surface area contributed by atoms with Crippen LogP contribution in [0.2, 0.25) is 0 Å². The molecule has 0 bridgehead atoms. The van der Waals surface area contributed by atoms with Crippen LogP contribution >= 0.6 is 0 Å². The van der Waals surface area contributed by atoms with Gasteiger partial charge >= 0.3 is 0 Å². The van der Waals surface area contributed by atoms with Crippen molar-refractivity contribution >= 4 is 0 Å². The Morgan fingerprint density at radius 2 is 1.52 bits per heavy atom. The summed E-state index contributed by atoms with van der Waals surface area (Å²) >= 11 is 0. The van der Waals surface area contributed by atoms with Crippen molar-refractivity contribution in [2.75, 3.05) is 27.2 Å². The zero-order valence-electron chi connectivity index (χ0n) is 19.6. The molecule has 1 unspecified atom stereocenters. The molecule has 1 atom stereocenters. The van der Waals surface area contributed by atoms with E-state index in [4.69, 9.17) is 4.74 Å². The summed E-state index contributed by atoms with van der Waals surface area (Å²) < 4.78 is 35.3. The van der Waals surface area contributed by atoms with Crippen LogP contribution in [-0.2, 0) is 11.2 Å². The number of hydrogen-bond acceptors (Lipinski definition) is 1. The molecule has 0 aromatic heterocycles. The molecule has 0 saturated heterocycles. The molecule has 0 heterocycles. The molecule has 0 amide bonds. The van der Waals surface area contributed by atoms with E-state index in [9.17, 15) is 8.78 Å². The van der Waals surface area contributed by atoms with Crippen molar-refractivity contribution in [2.45, 2.75) is 70.9 Å². The first-order chi connectivity index (χ1) is 14.8. The zero-order chi connectivity index (χ0) is 22.4. The Bertz CT molecular complexity index is 818. The average Bonchev–Trinajstić information content (AvgIpc) is 2.73. The van der Waals surface area contributed by atoms with Crippen molar-refractivity contribution in [3.05, 3.63) is 70.3 Å². The number of halogens is 2. The summed E-state index contributed by atoms with van der Waals surface area (Å²) in [6.07, 6.45) is 7.45. The van der Waals surface area contributed by atoms with Crippen LogP contribution in [0.5, 0.6) is 0 Å². The predicted molar refractivity (Wildman–Crippen MR) is 123 cm³/mol. The summed E-state index contributed by atoms with van der Waals surface area (Å²) in [5.41, 5.74) is 3.91. The molecular weight excluding hydrogens is 392 g/mol. The summed E-state index contributed by atoms with van der Waals surface area (Å²) in [7, 11) is 4.66. The van der Waals surface area contributed by atoms with Crippen LogP contribution in [0.1, 0.15) is 66.9 Å². The van der Waals surface area contributed by atoms with E-state index in [-0.39, 0.29) is 11.7 Å². The number of likely N-dealkylation sites (N-methyl/N-ethyl adjacent to an activating group) is 1. The number of ether oxygens (including phenoxy) is 1. The smallest absolute Gasteiger partial charge is 0.132 e. The fourth-order valence-corrected chi connectivity index (χ4v) is 5.16. The normalized spacial score (nSPS) is 16.5. The Hall–Kier alpha value is -1.78. The number of quaternary nitrogens is 1. The van der Waals surface area contributed by atoms with Crippen molar-refractivity contribution in [3.8, 4) is 0 Å². The van der Waals surface area contributed by atoms with Gasteiger partial charge in [-0.15, -0.1) is 0 Å². The first-order valence-electron chi connectivity index (χ1n) is 11.7. The molecule has 1 fully saturated rings. The maximum atomic E-state index is 14.0. The minimum atomic E-state index is -0.471. The number of aryl methyl sites for hydroxylation is 2. The molecule has 1 saturated carbocycles. The minimum Gasteiger partial charge on any atom is -0.368 e. The molecular formula is C27H38F2NO+. The summed E-state index contributed by atoms with van der Waals surface area (Å²) in [4.78, 5) is 0. The van der Waals surface area contributed by atoms with Crippen LogP contribution in [0.4, 0.5) is 8.78 Å². The second-order valence-corrected chi connectivity index (χ2v) is 9.72. The highest BCUT2D eigenvalue weighted by Crippen LogP contribution is 2.32. The van der Waals surface area contributed by atoms with Gasteiger partial charge in [0, 0.05) is 12.2 Å². The average molecular weight is 431 g/mol. The van der Waals surface area contributed by atoms with Crippen LogP contribution in [-0.4, -0.2) is 37.8 Å². The maximum absolute atomic E-state index is 14.0. The molecule has 0 spiro atoms. The number of rotatable bonds is 9. The van der Waals surface area contributed by atoms with Gasteiger partial charge in [0.15, 0.2) is 0 Å². The molecule has 4 heteroatoms. The van der Waals surface area contributed by atoms with Gasteiger partial charge in [-0.1, -0.05) is 30.7 Å². The molecule has 0 N–H and O–H groups in total. The summed E-state index contributed by atoms with van der Waals surface area (Å²) in [5.74, 6) is -0.942. The Kier molecular flexibility index (Phi) is 8.23. The third-order valence-corrected chi connectivity index (χ3v) is 7.02. The highest BCUT2D eigenvalue weighted by atomic mass is 19.1. The largest absolute Gasteiger partial charge is 0.368 e. The van der Waals surface area contributed by atoms with Gasteiger partial charge in [0.25, 0.3) is 0 Å². The minimum absolute atomic E-state index is 0.0245. The van der Waals surface area contributed by atoms with Crippen LogP contribution in [0.3, 0.4) is 0 Å². The summed E-state index contributed by atoms with van der Waals surface area (Å²) in [6.45, 7) is 5.68. The first kappa shape index (κ1) is 23.9. The lowest BCUT2D eigenvalue weighted by atomic mass is 9.91. The van der Waals surface area contributed by atoms with Crippen LogP contribution in [0.25, 0.3) is 0 Å². The third kappa shape index (κ3) is 6.14. The lowest BCUT2D eigenvalue weighted by molar-refractivity contribution is -0.920. The highest BCUT2D eigenvalue weighted by Gasteiger charge is 2.34. The maximum Gasteiger partial charge on any atom is 0.132 e. The van der Waals surface area contributed by atoms with E-state index in [0.717, 1.165) is 11.0 Å². The van der Waals surface area contributed by atoms with Crippen LogP contribution in [0, 0.1) is 25.5 Å². The highest BCUT2D eigenvalue weighted by molar-refractivity contribution is 5.35.